The van der Waals surface area contributed by atoms with Crippen molar-refractivity contribution in [3.8, 4) is 0 Å². The molecule has 4 aromatic carbocycles. The van der Waals surface area contributed by atoms with Crippen molar-refractivity contribution in [1.82, 2.24) is 4.90 Å². The molecule has 1 aliphatic heterocycles. The van der Waals surface area contributed by atoms with Gasteiger partial charge in [-0.1, -0.05) is 103 Å². The van der Waals surface area contributed by atoms with Gasteiger partial charge in [-0.25, -0.2) is 0 Å². The average Bonchev–Trinajstić information content (AvgIpc) is 2.90. The van der Waals surface area contributed by atoms with Gasteiger partial charge in [0.15, 0.2) is 5.78 Å². The van der Waals surface area contributed by atoms with E-state index in [1.807, 2.05) is 24.3 Å². The molecule has 3 heteroatoms. The molecule has 0 radical (unpaired) electrons. The number of ketones is 1. The number of carbonyl (C=O) groups excluding carboxylic acids is 1. The Labute approximate surface area is 214 Å². The summed E-state index contributed by atoms with van der Waals surface area (Å²) in [5.41, 5.74) is 6.38. The molecule has 178 valence electrons. The van der Waals surface area contributed by atoms with Crippen LogP contribution in [-0.2, 0) is 0 Å². The summed E-state index contributed by atoms with van der Waals surface area (Å²) in [7, 11) is 0. The summed E-state index contributed by atoms with van der Waals surface area (Å²) < 4.78 is 0. The van der Waals surface area contributed by atoms with Crippen LogP contribution in [0.3, 0.4) is 0 Å². The number of hydrogen-bond donors (Lipinski definition) is 0. The fourth-order valence-corrected chi connectivity index (χ4v) is 5.05. The van der Waals surface area contributed by atoms with Gasteiger partial charge in [-0.3, -0.25) is 4.79 Å². The lowest BCUT2D eigenvalue weighted by Crippen LogP contribution is -2.32. The second kappa shape index (κ2) is 12.0. The van der Waals surface area contributed by atoms with Crippen molar-refractivity contribution in [2.24, 2.45) is 0 Å². The van der Waals surface area contributed by atoms with E-state index in [1.54, 1.807) is 5.57 Å². The third-order valence-corrected chi connectivity index (χ3v) is 6.89. The smallest absolute Gasteiger partial charge is 0.162 e. The van der Waals surface area contributed by atoms with Crippen molar-refractivity contribution in [2.75, 3.05) is 19.6 Å². The summed E-state index contributed by atoms with van der Waals surface area (Å²) in [6, 6.07) is 35.8. The monoisotopic (exact) mass is 481 g/mol. The highest BCUT2D eigenvalue weighted by Gasteiger charge is 2.19. The van der Waals surface area contributed by atoms with Gasteiger partial charge in [0.25, 0.3) is 0 Å². The number of rotatable bonds is 7. The Bertz CT molecular complexity index is 1250. The minimum Gasteiger partial charge on any atom is -0.303 e. The number of hydrogen-bond acceptors (Lipinski definition) is 2. The molecule has 0 unspecified atom stereocenters. The first-order valence-corrected chi connectivity index (χ1v) is 12.4. The van der Waals surface area contributed by atoms with Crippen molar-refractivity contribution in [3.05, 3.63) is 125 Å². The summed E-state index contributed by atoms with van der Waals surface area (Å²) in [4.78, 5) is 15.3. The molecule has 4 aromatic rings. The molecule has 1 heterocycles. The SMILES string of the molecule is Cl.O=C(CCCN1CCC(=C(c2ccccc2)c2ccccc2)CC1)c1ccc2ccccc2c1. The summed E-state index contributed by atoms with van der Waals surface area (Å²) >= 11 is 0. The number of carbonyl (C=O) groups is 1. The lowest BCUT2D eigenvalue weighted by Gasteiger charge is -2.30. The highest BCUT2D eigenvalue weighted by Crippen LogP contribution is 2.32. The van der Waals surface area contributed by atoms with Crippen LogP contribution in [0.5, 0.6) is 0 Å². The largest absolute Gasteiger partial charge is 0.303 e. The van der Waals surface area contributed by atoms with E-state index in [2.05, 4.69) is 83.8 Å². The number of Topliss-reactive ketones (excluding diaryl/α,β-unsaturated/α-hetero) is 1. The predicted octanol–water partition coefficient (Wildman–Crippen LogP) is 7.82. The Hall–Kier alpha value is -3.20. The zero-order valence-corrected chi connectivity index (χ0v) is 20.8. The van der Waals surface area contributed by atoms with Crippen LogP contribution in [0, 0.1) is 0 Å². The van der Waals surface area contributed by atoms with Gasteiger partial charge in [0.1, 0.15) is 0 Å². The minimum atomic E-state index is 0. The van der Waals surface area contributed by atoms with Crippen molar-refractivity contribution < 1.29 is 4.79 Å². The number of likely N-dealkylation sites (tertiary alicyclic amines) is 1. The van der Waals surface area contributed by atoms with Gasteiger partial charge in [-0.2, -0.15) is 0 Å². The first-order chi connectivity index (χ1) is 16.8. The molecular weight excluding hydrogens is 450 g/mol. The molecule has 1 saturated heterocycles. The number of fused-ring (bicyclic) bond motifs is 1. The van der Waals surface area contributed by atoms with E-state index in [1.165, 1.54) is 22.1 Å². The van der Waals surface area contributed by atoms with E-state index in [9.17, 15) is 4.79 Å². The molecule has 1 aliphatic rings. The maximum absolute atomic E-state index is 12.8. The highest BCUT2D eigenvalue weighted by molar-refractivity contribution is 5.99. The molecule has 0 atom stereocenters. The Kier molecular flexibility index (Phi) is 8.52. The minimum absolute atomic E-state index is 0. The molecular formula is C32H32ClNO. The van der Waals surface area contributed by atoms with E-state index in [-0.39, 0.29) is 18.2 Å². The summed E-state index contributed by atoms with van der Waals surface area (Å²) in [5.74, 6) is 0.249. The van der Waals surface area contributed by atoms with E-state index < -0.39 is 0 Å². The molecule has 0 amide bonds. The van der Waals surface area contributed by atoms with Gasteiger partial charge in [0.2, 0.25) is 0 Å². The predicted molar refractivity (Wildman–Crippen MR) is 149 cm³/mol. The van der Waals surface area contributed by atoms with E-state index in [0.717, 1.165) is 49.8 Å². The topological polar surface area (TPSA) is 20.3 Å². The third kappa shape index (κ3) is 6.08. The number of halogens is 1. The second-order valence-electron chi connectivity index (χ2n) is 9.14. The molecule has 0 saturated carbocycles. The maximum atomic E-state index is 12.8. The summed E-state index contributed by atoms with van der Waals surface area (Å²) in [6.45, 7) is 3.10. The quantitative estimate of drug-likeness (QED) is 0.251. The first kappa shape index (κ1) is 24.9. The van der Waals surface area contributed by atoms with Crippen LogP contribution in [-0.4, -0.2) is 30.3 Å². The van der Waals surface area contributed by atoms with E-state index in [4.69, 9.17) is 0 Å². The Balaban J connectivity index is 0.00000289. The summed E-state index contributed by atoms with van der Waals surface area (Å²) in [5, 5.41) is 2.32. The van der Waals surface area contributed by atoms with Gasteiger partial charge in [-0.15, -0.1) is 12.4 Å². The maximum Gasteiger partial charge on any atom is 0.162 e. The number of benzene rings is 4. The van der Waals surface area contributed by atoms with Crippen molar-refractivity contribution in [1.29, 1.82) is 0 Å². The van der Waals surface area contributed by atoms with Crippen LogP contribution >= 0.6 is 12.4 Å². The highest BCUT2D eigenvalue weighted by atomic mass is 35.5. The fourth-order valence-electron chi connectivity index (χ4n) is 5.05. The Morgan fingerprint density at radius 3 is 1.86 bits per heavy atom. The lowest BCUT2D eigenvalue weighted by atomic mass is 9.88. The molecule has 1 fully saturated rings. The molecule has 0 spiro atoms. The zero-order valence-electron chi connectivity index (χ0n) is 20.0. The van der Waals surface area contributed by atoms with Crippen LogP contribution in [0.1, 0.15) is 47.2 Å². The standard InChI is InChI=1S/C32H31NO.ClH/c34-31(30-18-17-25-10-7-8-15-29(25)24-30)16-9-21-33-22-19-28(20-23-33)32(26-11-3-1-4-12-26)27-13-5-2-6-14-27;/h1-8,10-15,17-18,24H,9,16,19-23H2;1H. The Morgan fingerprint density at radius 1 is 0.657 bits per heavy atom. The number of piperidine rings is 1. The first-order valence-electron chi connectivity index (χ1n) is 12.4. The van der Waals surface area contributed by atoms with E-state index in [0.29, 0.717) is 6.42 Å². The molecule has 0 N–H and O–H groups in total. The zero-order chi connectivity index (χ0) is 23.2. The Morgan fingerprint density at radius 2 is 1.23 bits per heavy atom. The van der Waals surface area contributed by atoms with Crippen molar-refractivity contribution in [2.45, 2.75) is 25.7 Å². The van der Waals surface area contributed by atoms with Gasteiger partial charge < -0.3 is 4.90 Å². The fraction of sp³-hybridized carbons (Fsp3) is 0.219. The van der Waals surface area contributed by atoms with Gasteiger partial charge in [-0.05, 0) is 59.3 Å². The van der Waals surface area contributed by atoms with Gasteiger partial charge in [0.05, 0.1) is 0 Å². The normalized spacial score (nSPS) is 13.9. The molecule has 0 aromatic heterocycles. The number of nitrogens with zero attached hydrogens (tertiary/aromatic N) is 1. The van der Waals surface area contributed by atoms with Crippen LogP contribution in [0.4, 0.5) is 0 Å². The molecule has 2 nitrogen and oxygen atoms in total. The van der Waals surface area contributed by atoms with Gasteiger partial charge in [0, 0.05) is 25.1 Å². The molecule has 0 aliphatic carbocycles. The average molecular weight is 482 g/mol. The van der Waals surface area contributed by atoms with Crippen LogP contribution in [0.25, 0.3) is 16.3 Å². The lowest BCUT2D eigenvalue weighted by molar-refractivity contribution is 0.0974. The van der Waals surface area contributed by atoms with Gasteiger partial charge >= 0.3 is 0 Å². The van der Waals surface area contributed by atoms with Crippen LogP contribution < -0.4 is 0 Å². The molecule has 5 rings (SSSR count). The summed E-state index contributed by atoms with van der Waals surface area (Å²) in [6.07, 6.45) is 3.68. The van der Waals surface area contributed by atoms with Crippen molar-refractivity contribution >= 4 is 34.5 Å². The van der Waals surface area contributed by atoms with Crippen LogP contribution in [0.15, 0.2) is 109 Å². The van der Waals surface area contributed by atoms with Crippen LogP contribution in [0.2, 0.25) is 0 Å². The third-order valence-electron chi connectivity index (χ3n) is 6.89. The van der Waals surface area contributed by atoms with E-state index >= 15 is 0 Å². The molecule has 35 heavy (non-hydrogen) atoms. The molecule has 0 bridgehead atoms. The van der Waals surface area contributed by atoms with Crippen molar-refractivity contribution in [3.63, 3.8) is 0 Å². The second-order valence-corrected chi connectivity index (χ2v) is 9.14.